The van der Waals surface area contributed by atoms with E-state index in [9.17, 15) is 4.79 Å². The minimum absolute atomic E-state index is 0.220. The van der Waals surface area contributed by atoms with Crippen LogP contribution in [0.25, 0.3) is 0 Å². The van der Waals surface area contributed by atoms with Crippen molar-refractivity contribution in [3.63, 3.8) is 0 Å². The zero-order valence-corrected chi connectivity index (χ0v) is 10.4. The molecule has 1 aliphatic heterocycles. The lowest BCUT2D eigenvalue weighted by molar-refractivity contribution is 0.102. The van der Waals surface area contributed by atoms with Gasteiger partial charge in [-0.15, -0.1) is 0 Å². The molecule has 1 aromatic heterocycles. The van der Waals surface area contributed by atoms with Crippen LogP contribution in [0.15, 0.2) is 24.3 Å². The minimum atomic E-state index is -0.224. The molecular weight excluding hydrogens is 252 g/mol. The first-order chi connectivity index (χ1) is 8.72. The highest BCUT2D eigenvalue weighted by molar-refractivity contribution is 7.05. The van der Waals surface area contributed by atoms with Crippen molar-refractivity contribution in [1.82, 2.24) is 4.37 Å². The highest BCUT2D eigenvalue weighted by Gasteiger charge is 2.15. The van der Waals surface area contributed by atoms with Gasteiger partial charge in [0.2, 0.25) is 6.79 Å². The van der Waals surface area contributed by atoms with Gasteiger partial charge in [0, 0.05) is 16.6 Å². The number of benzene rings is 1. The third-order valence-electron chi connectivity index (χ3n) is 2.49. The van der Waals surface area contributed by atoms with Crippen LogP contribution in [-0.4, -0.2) is 17.1 Å². The van der Waals surface area contributed by atoms with Crippen LogP contribution in [0, 0.1) is 6.92 Å². The molecule has 0 spiro atoms. The van der Waals surface area contributed by atoms with Crippen molar-refractivity contribution in [2.75, 3.05) is 12.1 Å². The van der Waals surface area contributed by atoms with E-state index in [0.29, 0.717) is 22.9 Å². The molecule has 0 bridgehead atoms. The SMILES string of the molecule is Cc1cc(C(=O)Nc2ccc3c(c2)OCO3)ns1. The largest absolute Gasteiger partial charge is 0.454 e. The van der Waals surface area contributed by atoms with Gasteiger partial charge >= 0.3 is 0 Å². The fraction of sp³-hybridized carbons (Fsp3) is 0.167. The van der Waals surface area contributed by atoms with E-state index in [1.807, 2.05) is 6.92 Å². The van der Waals surface area contributed by atoms with Crippen LogP contribution in [0.3, 0.4) is 0 Å². The number of nitrogens with zero attached hydrogens (tertiary/aromatic N) is 1. The summed E-state index contributed by atoms with van der Waals surface area (Å²) < 4.78 is 14.5. The molecule has 1 aromatic carbocycles. The number of rotatable bonds is 2. The molecule has 18 heavy (non-hydrogen) atoms. The van der Waals surface area contributed by atoms with E-state index >= 15 is 0 Å². The van der Waals surface area contributed by atoms with Crippen molar-refractivity contribution in [3.05, 3.63) is 34.8 Å². The third kappa shape index (κ3) is 2.02. The van der Waals surface area contributed by atoms with Gasteiger partial charge in [-0.1, -0.05) is 0 Å². The smallest absolute Gasteiger partial charge is 0.275 e. The molecule has 1 amide bonds. The third-order valence-corrected chi connectivity index (χ3v) is 3.18. The number of aryl methyl sites for hydroxylation is 1. The summed E-state index contributed by atoms with van der Waals surface area (Å²) in [6.45, 7) is 2.13. The molecule has 92 valence electrons. The lowest BCUT2D eigenvalue weighted by atomic mass is 10.2. The quantitative estimate of drug-likeness (QED) is 0.903. The monoisotopic (exact) mass is 262 g/mol. The van der Waals surface area contributed by atoms with E-state index in [-0.39, 0.29) is 12.7 Å². The standard InChI is InChI=1S/C12H10N2O3S/c1-7-4-9(14-18-7)12(15)13-8-2-3-10-11(5-8)17-6-16-10/h2-5H,6H2,1H3,(H,13,15). The maximum Gasteiger partial charge on any atom is 0.275 e. The van der Waals surface area contributed by atoms with Crippen molar-refractivity contribution in [1.29, 1.82) is 0 Å². The fourth-order valence-corrected chi connectivity index (χ4v) is 2.19. The first-order valence-electron chi connectivity index (χ1n) is 5.37. The predicted octanol–water partition coefficient (Wildman–Crippen LogP) is 2.43. The lowest BCUT2D eigenvalue weighted by Crippen LogP contribution is -2.11. The molecule has 0 fully saturated rings. The van der Waals surface area contributed by atoms with Crippen LogP contribution in [0.2, 0.25) is 0 Å². The predicted molar refractivity (Wildman–Crippen MR) is 67.4 cm³/mol. The number of carbonyl (C=O) groups excluding carboxylic acids is 1. The number of fused-ring (bicyclic) bond motifs is 1. The zero-order valence-electron chi connectivity index (χ0n) is 9.60. The summed E-state index contributed by atoms with van der Waals surface area (Å²) in [7, 11) is 0. The Labute approximate surface area is 108 Å². The average molecular weight is 262 g/mol. The number of amides is 1. The average Bonchev–Trinajstić information content (AvgIpc) is 2.96. The van der Waals surface area contributed by atoms with Gasteiger partial charge < -0.3 is 14.8 Å². The summed E-state index contributed by atoms with van der Waals surface area (Å²) in [5, 5.41) is 2.77. The van der Waals surface area contributed by atoms with Crippen LogP contribution in [0.4, 0.5) is 5.69 Å². The van der Waals surface area contributed by atoms with Crippen molar-refractivity contribution < 1.29 is 14.3 Å². The molecular formula is C12H10N2O3S. The fourth-order valence-electron chi connectivity index (χ4n) is 1.64. The molecule has 2 heterocycles. The maximum absolute atomic E-state index is 11.9. The molecule has 1 N–H and O–H groups in total. The van der Waals surface area contributed by atoms with Gasteiger partial charge in [0.25, 0.3) is 5.91 Å². The molecule has 0 saturated carbocycles. The van der Waals surface area contributed by atoms with Crippen LogP contribution >= 0.6 is 11.5 Å². The molecule has 1 aliphatic rings. The molecule has 3 rings (SSSR count). The first kappa shape index (κ1) is 11.0. The second kappa shape index (κ2) is 4.30. The number of carbonyl (C=O) groups is 1. The Morgan fingerprint density at radius 3 is 2.94 bits per heavy atom. The van der Waals surface area contributed by atoms with Crippen molar-refractivity contribution in [3.8, 4) is 11.5 Å². The summed E-state index contributed by atoms with van der Waals surface area (Å²) in [5.74, 6) is 1.11. The van der Waals surface area contributed by atoms with Crippen LogP contribution in [0.1, 0.15) is 15.4 Å². The van der Waals surface area contributed by atoms with E-state index in [1.165, 1.54) is 11.5 Å². The van der Waals surface area contributed by atoms with Gasteiger partial charge in [0.15, 0.2) is 11.5 Å². The van der Waals surface area contributed by atoms with Gasteiger partial charge in [-0.3, -0.25) is 4.79 Å². The number of hydrogen-bond acceptors (Lipinski definition) is 5. The summed E-state index contributed by atoms with van der Waals surface area (Å²) in [4.78, 5) is 12.9. The molecule has 0 atom stereocenters. The van der Waals surface area contributed by atoms with Crippen LogP contribution < -0.4 is 14.8 Å². The Morgan fingerprint density at radius 1 is 1.33 bits per heavy atom. The molecule has 6 heteroatoms. The Morgan fingerprint density at radius 2 is 2.17 bits per heavy atom. The van der Waals surface area contributed by atoms with Gasteiger partial charge in [-0.05, 0) is 36.7 Å². The molecule has 0 radical (unpaired) electrons. The van der Waals surface area contributed by atoms with Crippen LogP contribution in [0.5, 0.6) is 11.5 Å². The number of nitrogens with one attached hydrogen (secondary N) is 1. The van der Waals surface area contributed by atoms with Gasteiger partial charge in [0.05, 0.1) is 0 Å². The minimum Gasteiger partial charge on any atom is -0.454 e. The number of aromatic nitrogens is 1. The second-order valence-electron chi connectivity index (χ2n) is 3.84. The highest BCUT2D eigenvalue weighted by atomic mass is 32.1. The van der Waals surface area contributed by atoms with Gasteiger partial charge in [0.1, 0.15) is 5.69 Å². The molecule has 0 saturated heterocycles. The summed E-state index contributed by atoms with van der Waals surface area (Å²) in [6.07, 6.45) is 0. The van der Waals surface area contributed by atoms with E-state index in [2.05, 4.69) is 9.69 Å². The maximum atomic E-state index is 11.9. The Bertz CT molecular complexity index is 609. The molecule has 5 nitrogen and oxygen atoms in total. The number of hydrogen-bond donors (Lipinski definition) is 1. The van der Waals surface area contributed by atoms with Crippen molar-refractivity contribution >= 4 is 23.1 Å². The molecule has 0 aliphatic carbocycles. The van der Waals surface area contributed by atoms with Crippen LogP contribution in [-0.2, 0) is 0 Å². The molecule has 0 unspecified atom stereocenters. The highest BCUT2D eigenvalue weighted by Crippen LogP contribution is 2.34. The topological polar surface area (TPSA) is 60.5 Å². The summed E-state index contributed by atoms with van der Waals surface area (Å²) >= 11 is 1.31. The number of anilines is 1. The Balaban J connectivity index is 1.78. The first-order valence-corrected chi connectivity index (χ1v) is 6.14. The molecule has 2 aromatic rings. The Hall–Kier alpha value is -2.08. The second-order valence-corrected chi connectivity index (χ2v) is 4.85. The lowest BCUT2D eigenvalue weighted by Gasteiger charge is -2.04. The number of ether oxygens (including phenoxy) is 2. The van der Waals surface area contributed by atoms with E-state index < -0.39 is 0 Å². The summed E-state index contributed by atoms with van der Waals surface area (Å²) in [5.41, 5.74) is 1.09. The van der Waals surface area contributed by atoms with E-state index in [1.54, 1.807) is 24.3 Å². The Kier molecular flexibility index (Phi) is 2.64. The van der Waals surface area contributed by atoms with Crippen molar-refractivity contribution in [2.45, 2.75) is 6.92 Å². The zero-order chi connectivity index (χ0) is 12.5. The van der Waals surface area contributed by atoms with Gasteiger partial charge in [-0.25, -0.2) is 0 Å². The van der Waals surface area contributed by atoms with Gasteiger partial charge in [-0.2, -0.15) is 4.37 Å². The van der Waals surface area contributed by atoms with E-state index in [4.69, 9.17) is 9.47 Å². The van der Waals surface area contributed by atoms with E-state index in [0.717, 1.165) is 4.88 Å². The summed E-state index contributed by atoms with van der Waals surface area (Å²) in [6, 6.07) is 7.03. The normalized spacial score (nSPS) is 12.5. The van der Waals surface area contributed by atoms with Crippen molar-refractivity contribution in [2.24, 2.45) is 0 Å².